The summed E-state index contributed by atoms with van der Waals surface area (Å²) in [7, 11) is 0. The van der Waals surface area contributed by atoms with Crippen molar-refractivity contribution < 1.29 is 14.4 Å². The summed E-state index contributed by atoms with van der Waals surface area (Å²) in [5.41, 5.74) is 0.846. The Balaban J connectivity index is 2.47. The van der Waals surface area contributed by atoms with E-state index in [2.05, 4.69) is 5.10 Å². The number of hydrogen-bond acceptors (Lipinski definition) is 4. The molecule has 2 rings (SSSR count). The number of carbonyl (C=O) groups excluding carboxylic acids is 1. The van der Waals surface area contributed by atoms with Crippen molar-refractivity contribution in [2.45, 2.75) is 13.8 Å². The van der Waals surface area contributed by atoms with Gasteiger partial charge in [-0.15, -0.1) is 4.85 Å². The fourth-order valence-electron chi connectivity index (χ4n) is 1.61. The Kier molecular flexibility index (Phi) is 3.27. The van der Waals surface area contributed by atoms with Crippen LogP contribution in [0.4, 0.5) is 0 Å². The largest absolute Gasteiger partial charge is 0.692 e. The van der Waals surface area contributed by atoms with E-state index >= 15 is 0 Å². The molecule has 0 spiro atoms. The number of aromatic nitrogens is 3. The maximum atomic E-state index is 12.0. The summed E-state index contributed by atoms with van der Waals surface area (Å²) in [6, 6.07) is 8.87. The molecule has 1 aromatic heterocycles. The van der Waals surface area contributed by atoms with E-state index in [1.165, 1.54) is 0 Å². The van der Waals surface area contributed by atoms with Gasteiger partial charge >= 0.3 is 5.97 Å². The predicted molar refractivity (Wildman–Crippen MR) is 63.2 cm³/mol. The molecule has 0 aliphatic heterocycles. The third-order valence-electron chi connectivity index (χ3n) is 2.41. The number of benzene rings is 1. The van der Waals surface area contributed by atoms with Crippen molar-refractivity contribution in [3.8, 4) is 5.69 Å². The van der Waals surface area contributed by atoms with Crippen LogP contribution in [0, 0.1) is 12.1 Å². The first-order valence-electron chi connectivity index (χ1n) is 5.57. The van der Waals surface area contributed by atoms with Crippen molar-refractivity contribution >= 4 is 5.97 Å². The van der Waals surface area contributed by atoms with Crippen molar-refractivity contribution in [2.75, 3.05) is 6.61 Å². The minimum absolute atomic E-state index is 0.0827. The number of esters is 1. The van der Waals surface area contributed by atoms with Gasteiger partial charge in [0.2, 0.25) is 5.69 Å². The third-order valence-corrected chi connectivity index (χ3v) is 2.41. The van der Waals surface area contributed by atoms with Crippen LogP contribution in [0.5, 0.6) is 0 Å². The molecule has 1 aromatic carbocycles. The molecular formula is C12H13N3O3. The molecule has 0 saturated heterocycles. The van der Waals surface area contributed by atoms with Crippen molar-refractivity contribution in [1.29, 1.82) is 0 Å². The van der Waals surface area contributed by atoms with Crippen LogP contribution >= 0.6 is 0 Å². The van der Waals surface area contributed by atoms with E-state index in [4.69, 9.17) is 4.74 Å². The minimum atomic E-state index is -0.660. The molecule has 0 fully saturated rings. The van der Waals surface area contributed by atoms with Crippen LogP contribution < -0.4 is 4.85 Å². The maximum absolute atomic E-state index is 12.0. The molecule has 0 atom stereocenters. The van der Waals surface area contributed by atoms with E-state index in [9.17, 15) is 10.0 Å². The van der Waals surface area contributed by atoms with Crippen molar-refractivity contribution in [3.63, 3.8) is 0 Å². The van der Waals surface area contributed by atoms with Crippen molar-refractivity contribution in [1.82, 2.24) is 9.90 Å². The summed E-state index contributed by atoms with van der Waals surface area (Å²) in [5, 5.41) is 16.1. The Morgan fingerprint density at radius 1 is 1.44 bits per heavy atom. The molecule has 0 unspecified atom stereocenters. The lowest BCUT2D eigenvalue weighted by atomic mass is 10.3. The van der Waals surface area contributed by atoms with E-state index in [0.717, 1.165) is 4.80 Å². The highest BCUT2D eigenvalue weighted by atomic mass is 16.5. The molecule has 94 valence electrons. The number of hydrogen-bond donors (Lipinski definition) is 0. The summed E-state index contributed by atoms with van der Waals surface area (Å²) < 4.78 is 4.83. The third kappa shape index (κ3) is 2.04. The zero-order valence-corrected chi connectivity index (χ0v) is 10.2. The standard InChI is InChI=1S/C12H13N3O3/c1-3-18-12(16)11-9(2)13-14(15(11)17)10-7-5-4-6-8-10/h4-8H,3H2,1-2H3. The van der Waals surface area contributed by atoms with Crippen molar-refractivity contribution in [2.24, 2.45) is 0 Å². The number of carbonyl (C=O) groups is 1. The highest BCUT2D eigenvalue weighted by Gasteiger charge is 2.27. The van der Waals surface area contributed by atoms with Gasteiger partial charge in [0, 0.05) is 12.0 Å². The zero-order chi connectivity index (χ0) is 13.1. The Morgan fingerprint density at radius 3 is 2.72 bits per heavy atom. The highest BCUT2D eigenvalue weighted by molar-refractivity contribution is 5.86. The molecule has 6 heteroatoms. The van der Waals surface area contributed by atoms with Gasteiger partial charge in [0.05, 0.1) is 6.61 Å². The molecular weight excluding hydrogens is 234 g/mol. The molecule has 6 nitrogen and oxygen atoms in total. The Bertz CT molecular complexity index is 563. The fourth-order valence-corrected chi connectivity index (χ4v) is 1.61. The predicted octanol–water partition coefficient (Wildman–Crippen LogP) is 0.991. The summed E-state index contributed by atoms with van der Waals surface area (Å²) in [6.07, 6.45) is 0. The molecule has 0 N–H and O–H groups in total. The smallest absolute Gasteiger partial charge is 0.385 e. The summed E-state index contributed by atoms with van der Waals surface area (Å²) >= 11 is 0. The van der Waals surface area contributed by atoms with E-state index < -0.39 is 5.97 Å². The van der Waals surface area contributed by atoms with E-state index in [-0.39, 0.29) is 12.3 Å². The molecule has 0 bridgehead atoms. The summed E-state index contributed by atoms with van der Waals surface area (Å²) in [5.74, 6) is -0.660. The minimum Gasteiger partial charge on any atom is -0.692 e. The molecule has 1 heterocycles. The second kappa shape index (κ2) is 4.87. The second-order valence-electron chi connectivity index (χ2n) is 3.65. The lowest BCUT2D eigenvalue weighted by Crippen LogP contribution is -2.42. The zero-order valence-electron chi connectivity index (χ0n) is 10.2. The average molecular weight is 247 g/mol. The Morgan fingerprint density at radius 2 is 2.11 bits per heavy atom. The van der Waals surface area contributed by atoms with Crippen LogP contribution in [-0.2, 0) is 4.74 Å². The normalized spacial score (nSPS) is 10.3. The van der Waals surface area contributed by atoms with Crippen LogP contribution in [-0.4, -0.2) is 22.5 Å². The van der Waals surface area contributed by atoms with Crippen LogP contribution in [0.3, 0.4) is 0 Å². The number of nitrogens with zero attached hydrogens (tertiary/aromatic N) is 3. The first kappa shape index (κ1) is 12.1. The van der Waals surface area contributed by atoms with Gasteiger partial charge in [-0.3, -0.25) is 0 Å². The second-order valence-corrected chi connectivity index (χ2v) is 3.65. The van der Waals surface area contributed by atoms with Gasteiger partial charge in [-0.25, -0.2) is 4.79 Å². The molecule has 0 saturated carbocycles. The molecule has 0 aliphatic rings. The van der Waals surface area contributed by atoms with Gasteiger partial charge in [0.15, 0.2) is 0 Å². The van der Waals surface area contributed by atoms with E-state index in [0.29, 0.717) is 16.2 Å². The fraction of sp³-hybridized carbons (Fsp3) is 0.250. The topological polar surface area (TPSA) is 71.1 Å². The summed E-state index contributed by atoms with van der Waals surface area (Å²) in [6.45, 7) is 3.50. The van der Waals surface area contributed by atoms with Gasteiger partial charge in [-0.1, -0.05) is 18.2 Å². The van der Waals surface area contributed by atoms with Gasteiger partial charge in [0.25, 0.3) is 5.69 Å². The van der Waals surface area contributed by atoms with Crippen LogP contribution in [0.1, 0.15) is 23.1 Å². The molecule has 18 heavy (non-hydrogen) atoms. The number of ether oxygens (including phenoxy) is 1. The molecule has 0 radical (unpaired) electrons. The van der Waals surface area contributed by atoms with Crippen LogP contribution in [0.25, 0.3) is 5.69 Å². The monoisotopic (exact) mass is 247 g/mol. The van der Waals surface area contributed by atoms with Gasteiger partial charge in [-0.2, -0.15) is 0 Å². The quantitative estimate of drug-likeness (QED) is 0.460. The highest BCUT2D eigenvalue weighted by Crippen LogP contribution is 2.07. The van der Waals surface area contributed by atoms with Gasteiger partial charge < -0.3 is 9.94 Å². The van der Waals surface area contributed by atoms with Gasteiger partial charge in [-0.05, 0) is 23.9 Å². The van der Waals surface area contributed by atoms with Crippen molar-refractivity contribution in [3.05, 3.63) is 46.9 Å². The van der Waals surface area contributed by atoms with Gasteiger partial charge in [0.1, 0.15) is 5.69 Å². The molecule has 0 amide bonds. The Hall–Kier alpha value is -2.37. The molecule has 2 aromatic rings. The Labute approximate surface area is 104 Å². The van der Waals surface area contributed by atoms with E-state index in [1.54, 1.807) is 38.1 Å². The maximum Gasteiger partial charge on any atom is 0.385 e. The van der Waals surface area contributed by atoms with Crippen LogP contribution in [0.2, 0.25) is 0 Å². The lowest BCUT2D eigenvalue weighted by molar-refractivity contribution is -0.691. The first-order chi connectivity index (χ1) is 8.65. The number of para-hydroxylation sites is 1. The van der Waals surface area contributed by atoms with Crippen LogP contribution in [0.15, 0.2) is 30.3 Å². The number of rotatable bonds is 3. The molecule has 0 aliphatic carbocycles. The lowest BCUT2D eigenvalue weighted by Gasteiger charge is -2.05. The first-order valence-corrected chi connectivity index (χ1v) is 5.57. The SMILES string of the molecule is CCOC(=O)c1c(C)nn(-c2ccccc2)[n+]1[O-]. The van der Waals surface area contributed by atoms with E-state index in [1.807, 2.05) is 6.07 Å². The number of aryl methyl sites for hydroxylation is 1. The summed E-state index contributed by atoms with van der Waals surface area (Å²) in [4.78, 5) is 13.2. The average Bonchev–Trinajstić information content (AvgIpc) is 2.66.